The van der Waals surface area contributed by atoms with Crippen molar-refractivity contribution < 1.29 is 4.57 Å². The lowest BCUT2D eigenvalue weighted by atomic mass is 9.84. The number of aryl methyl sites for hydroxylation is 2. The molecule has 0 saturated heterocycles. The Labute approximate surface area is 245 Å². The highest BCUT2D eigenvalue weighted by Gasteiger charge is 2.41. The molecule has 2 heteroatoms. The summed E-state index contributed by atoms with van der Waals surface area (Å²) >= 11 is 0. The summed E-state index contributed by atoms with van der Waals surface area (Å²) in [7, 11) is -0.409. The van der Waals surface area contributed by atoms with Crippen LogP contribution >= 0.6 is 0 Å². The lowest BCUT2D eigenvalue weighted by molar-refractivity contribution is -0.659. The fourth-order valence-corrected chi connectivity index (χ4v) is 11.1. The molecule has 0 aliphatic rings. The van der Waals surface area contributed by atoms with Crippen LogP contribution < -0.4 is 25.3 Å². The molecule has 0 unspecified atom stereocenters. The van der Waals surface area contributed by atoms with E-state index in [0.29, 0.717) is 0 Å². The summed E-state index contributed by atoms with van der Waals surface area (Å²) in [4.78, 5) is 0. The van der Waals surface area contributed by atoms with Gasteiger partial charge in [-0.05, 0) is 61.7 Å². The fourth-order valence-electron chi connectivity index (χ4n) is 6.35. The zero-order valence-electron chi connectivity index (χ0n) is 24.7. The molecule has 6 aromatic rings. The fraction of sp³-hybridized carbons (Fsp3) is 0.154. The molecule has 41 heavy (non-hydrogen) atoms. The first-order chi connectivity index (χ1) is 19.8. The Bertz CT molecular complexity index is 1720. The van der Waals surface area contributed by atoms with Gasteiger partial charge in [-0.25, -0.2) is 4.57 Å². The van der Waals surface area contributed by atoms with E-state index in [9.17, 15) is 0 Å². The highest BCUT2D eigenvalue weighted by atomic mass is 28.3. The average Bonchev–Trinajstić information content (AvgIpc) is 2.99. The Morgan fingerprint density at radius 1 is 0.561 bits per heavy atom. The molecular formula is C39H38NSi+. The monoisotopic (exact) mass is 548 g/mol. The molecule has 0 radical (unpaired) electrons. The lowest BCUT2D eigenvalue weighted by Crippen LogP contribution is -2.74. The van der Waals surface area contributed by atoms with E-state index in [1.807, 2.05) is 0 Å². The molecule has 1 heterocycles. The van der Waals surface area contributed by atoms with E-state index in [-0.39, 0.29) is 5.41 Å². The third kappa shape index (κ3) is 4.73. The van der Waals surface area contributed by atoms with E-state index in [0.717, 1.165) is 0 Å². The number of hydrogen-bond acceptors (Lipinski definition) is 0. The smallest absolute Gasteiger partial charge is 0.200 e. The molecule has 0 amide bonds. The van der Waals surface area contributed by atoms with Crippen molar-refractivity contribution in [3.8, 4) is 11.3 Å². The van der Waals surface area contributed by atoms with Gasteiger partial charge in [-0.15, -0.1) is 0 Å². The summed E-state index contributed by atoms with van der Waals surface area (Å²) in [5, 5.41) is 8.14. The number of nitrogens with zero attached hydrogens (tertiary/aromatic N) is 1. The van der Waals surface area contributed by atoms with E-state index < -0.39 is 8.07 Å². The van der Waals surface area contributed by atoms with Gasteiger partial charge in [0.25, 0.3) is 0 Å². The van der Waals surface area contributed by atoms with Crippen LogP contribution in [0.2, 0.25) is 0 Å². The van der Waals surface area contributed by atoms with Crippen LogP contribution in [-0.4, -0.2) is 8.07 Å². The zero-order chi connectivity index (χ0) is 28.6. The molecule has 0 N–H and O–H groups in total. The minimum atomic E-state index is -2.58. The van der Waals surface area contributed by atoms with E-state index in [4.69, 9.17) is 0 Å². The van der Waals surface area contributed by atoms with Gasteiger partial charge in [0, 0.05) is 11.6 Å². The van der Waals surface area contributed by atoms with Crippen LogP contribution in [0, 0.1) is 6.92 Å². The Kier molecular flexibility index (Phi) is 6.97. The van der Waals surface area contributed by atoms with Gasteiger partial charge >= 0.3 is 0 Å². The molecular weight excluding hydrogens is 511 g/mol. The van der Waals surface area contributed by atoms with E-state index in [1.54, 1.807) is 0 Å². The van der Waals surface area contributed by atoms with Crippen LogP contribution in [0.3, 0.4) is 0 Å². The van der Waals surface area contributed by atoms with E-state index in [2.05, 4.69) is 179 Å². The van der Waals surface area contributed by atoms with Crippen molar-refractivity contribution in [2.24, 2.45) is 7.05 Å². The van der Waals surface area contributed by atoms with Crippen molar-refractivity contribution in [3.05, 3.63) is 151 Å². The summed E-state index contributed by atoms with van der Waals surface area (Å²) in [6.07, 6.45) is 2.22. The number of rotatable bonds is 5. The molecule has 1 nitrogen and oxygen atoms in total. The van der Waals surface area contributed by atoms with Gasteiger partial charge in [0.2, 0.25) is 5.69 Å². The zero-order valence-corrected chi connectivity index (χ0v) is 25.7. The lowest BCUT2D eigenvalue weighted by Gasteiger charge is -2.34. The molecule has 1 aromatic heterocycles. The topological polar surface area (TPSA) is 3.88 Å². The Balaban J connectivity index is 1.66. The number of benzene rings is 5. The normalized spacial score (nSPS) is 12.0. The van der Waals surface area contributed by atoms with Crippen molar-refractivity contribution in [2.75, 3.05) is 0 Å². The summed E-state index contributed by atoms with van der Waals surface area (Å²) in [6, 6.07) is 50.0. The van der Waals surface area contributed by atoms with Crippen LogP contribution in [0.1, 0.15) is 31.9 Å². The second-order valence-corrected chi connectivity index (χ2v) is 16.0. The molecule has 5 aromatic carbocycles. The van der Waals surface area contributed by atoms with Crippen LogP contribution in [0.15, 0.2) is 140 Å². The maximum atomic E-state index is 2.47. The van der Waals surface area contributed by atoms with Crippen molar-refractivity contribution in [1.29, 1.82) is 0 Å². The quantitative estimate of drug-likeness (QED) is 0.135. The van der Waals surface area contributed by atoms with Gasteiger partial charge in [0.15, 0.2) is 14.3 Å². The second kappa shape index (κ2) is 10.6. The molecule has 202 valence electrons. The molecule has 0 atom stereocenters. The van der Waals surface area contributed by atoms with Gasteiger partial charge in [-0.2, -0.15) is 0 Å². The van der Waals surface area contributed by atoms with Crippen molar-refractivity contribution in [3.63, 3.8) is 0 Å². The number of aromatic nitrogens is 1. The maximum Gasteiger partial charge on any atom is 0.220 e. The third-order valence-electron chi connectivity index (χ3n) is 8.55. The van der Waals surface area contributed by atoms with Crippen LogP contribution in [0.25, 0.3) is 22.0 Å². The molecule has 0 aliphatic heterocycles. The van der Waals surface area contributed by atoms with Gasteiger partial charge in [-0.3, -0.25) is 0 Å². The first-order valence-corrected chi connectivity index (χ1v) is 16.5. The Morgan fingerprint density at radius 3 is 1.61 bits per heavy atom. The van der Waals surface area contributed by atoms with Gasteiger partial charge in [0.05, 0.1) is 5.39 Å². The summed E-state index contributed by atoms with van der Waals surface area (Å²) in [5.41, 5.74) is 5.31. The number of fused-ring (bicyclic) bond motifs is 1. The molecule has 0 bridgehead atoms. The third-order valence-corrected chi connectivity index (χ3v) is 13.3. The average molecular weight is 549 g/mol. The van der Waals surface area contributed by atoms with Gasteiger partial charge < -0.3 is 0 Å². The SMILES string of the molecule is Cc1ccc(C(C)(C)C)cc1-c1c2ccc([Si](c3ccccc3)(c3ccccc3)c3ccccc3)cc2cc[n+]1C. The minimum Gasteiger partial charge on any atom is -0.200 e. The predicted octanol–water partition coefficient (Wildman–Crippen LogP) is 6.31. The number of hydrogen-bond donors (Lipinski definition) is 0. The van der Waals surface area contributed by atoms with Crippen molar-refractivity contribution in [1.82, 2.24) is 0 Å². The van der Waals surface area contributed by atoms with E-state index in [1.165, 1.54) is 53.9 Å². The van der Waals surface area contributed by atoms with Crippen molar-refractivity contribution in [2.45, 2.75) is 33.1 Å². The van der Waals surface area contributed by atoms with Gasteiger partial charge in [0.1, 0.15) is 7.05 Å². The first kappa shape index (κ1) is 26.9. The number of pyridine rings is 1. The Morgan fingerprint density at radius 2 is 1.10 bits per heavy atom. The van der Waals surface area contributed by atoms with Gasteiger partial charge in [-0.1, -0.05) is 136 Å². The van der Waals surface area contributed by atoms with Crippen LogP contribution in [0.4, 0.5) is 0 Å². The predicted molar refractivity (Wildman–Crippen MR) is 178 cm³/mol. The molecule has 0 spiro atoms. The minimum absolute atomic E-state index is 0.0883. The molecule has 0 aliphatic carbocycles. The Hall–Kier alpha value is -4.27. The molecule has 6 rings (SSSR count). The highest BCUT2D eigenvalue weighted by molar-refractivity contribution is 7.20. The molecule has 0 fully saturated rings. The first-order valence-electron chi connectivity index (χ1n) is 14.5. The summed E-state index contributed by atoms with van der Waals surface area (Å²) < 4.78 is 2.28. The van der Waals surface area contributed by atoms with E-state index >= 15 is 0 Å². The summed E-state index contributed by atoms with van der Waals surface area (Å²) in [5.74, 6) is 0. The van der Waals surface area contributed by atoms with Crippen LogP contribution in [-0.2, 0) is 12.5 Å². The standard InChI is InChI=1S/C39H38NSi/c1-29-21-22-31(39(2,3)4)28-37(29)38-36-24-23-35(27-30(36)25-26-40(38)5)41(32-15-9-6-10-16-32,33-17-11-7-12-18-33)34-19-13-8-14-20-34/h6-28H,1-5H3/q+1. The van der Waals surface area contributed by atoms with Crippen molar-refractivity contribution >= 4 is 39.6 Å². The van der Waals surface area contributed by atoms with Crippen LogP contribution in [0.5, 0.6) is 0 Å². The highest BCUT2D eigenvalue weighted by Crippen LogP contribution is 2.32. The molecule has 0 saturated carbocycles. The summed E-state index contributed by atoms with van der Waals surface area (Å²) in [6.45, 7) is 9.10. The largest absolute Gasteiger partial charge is 0.220 e. The second-order valence-electron chi connectivity index (χ2n) is 12.2. The maximum absolute atomic E-state index is 2.58.